The predicted octanol–water partition coefficient (Wildman–Crippen LogP) is 1.19. The summed E-state index contributed by atoms with van der Waals surface area (Å²) in [6.45, 7) is 2.43. The van der Waals surface area contributed by atoms with Crippen molar-refractivity contribution in [2.45, 2.75) is 13.0 Å². The largest absolute Gasteiger partial charge is 0.374 e. The second-order valence-corrected chi connectivity index (χ2v) is 6.69. The minimum atomic E-state index is -2.91. The molecule has 0 unspecified atom stereocenters. The molecule has 4 nitrogen and oxygen atoms in total. The van der Waals surface area contributed by atoms with E-state index in [1.807, 2.05) is 43.1 Å². The molecule has 0 aliphatic rings. The second-order valence-electron chi connectivity index (χ2n) is 4.43. The summed E-state index contributed by atoms with van der Waals surface area (Å²) in [7, 11) is -1.03. The van der Waals surface area contributed by atoms with Gasteiger partial charge in [0.05, 0.1) is 5.75 Å². The van der Waals surface area contributed by atoms with E-state index < -0.39 is 9.84 Å². The van der Waals surface area contributed by atoms with Crippen molar-refractivity contribution < 1.29 is 8.42 Å². The van der Waals surface area contributed by atoms with Gasteiger partial charge < -0.3 is 10.6 Å². The van der Waals surface area contributed by atoms with Crippen molar-refractivity contribution in [1.82, 2.24) is 0 Å². The van der Waals surface area contributed by atoms with E-state index in [2.05, 4.69) is 0 Å². The highest BCUT2D eigenvalue weighted by Gasteiger charge is 2.07. The van der Waals surface area contributed by atoms with E-state index in [4.69, 9.17) is 5.73 Å². The third kappa shape index (κ3) is 4.75. The zero-order chi connectivity index (χ0) is 13.1. The molecule has 2 N–H and O–H groups in total. The van der Waals surface area contributed by atoms with Gasteiger partial charge in [-0.05, 0) is 24.6 Å². The molecule has 0 saturated carbocycles. The van der Waals surface area contributed by atoms with Gasteiger partial charge in [-0.2, -0.15) is 0 Å². The van der Waals surface area contributed by atoms with E-state index in [-0.39, 0.29) is 11.8 Å². The third-order valence-corrected chi connectivity index (χ3v) is 3.58. The quantitative estimate of drug-likeness (QED) is 0.859. The predicted molar refractivity (Wildman–Crippen MR) is 72.0 cm³/mol. The van der Waals surface area contributed by atoms with Crippen molar-refractivity contribution in [1.29, 1.82) is 0 Å². The number of anilines is 1. The Morgan fingerprint density at radius 2 is 1.82 bits per heavy atom. The Kier molecular flexibility index (Phi) is 4.54. The van der Waals surface area contributed by atoms with Crippen LogP contribution in [0.15, 0.2) is 24.3 Å². The Morgan fingerprint density at radius 3 is 2.24 bits per heavy atom. The van der Waals surface area contributed by atoms with Crippen molar-refractivity contribution in [3.8, 4) is 0 Å². The van der Waals surface area contributed by atoms with Crippen LogP contribution in [0.3, 0.4) is 0 Å². The van der Waals surface area contributed by atoms with Crippen LogP contribution < -0.4 is 10.6 Å². The van der Waals surface area contributed by atoms with Gasteiger partial charge in [0.2, 0.25) is 0 Å². The lowest BCUT2D eigenvalue weighted by Gasteiger charge is -2.19. The molecule has 0 saturated heterocycles. The number of hydrogen-bond donors (Lipinski definition) is 1. The first-order valence-electron chi connectivity index (χ1n) is 5.54. The van der Waals surface area contributed by atoms with Crippen LogP contribution in [-0.4, -0.2) is 34.0 Å². The topological polar surface area (TPSA) is 63.4 Å². The Morgan fingerprint density at radius 1 is 1.29 bits per heavy atom. The van der Waals surface area contributed by atoms with Gasteiger partial charge in [0.15, 0.2) is 0 Å². The van der Waals surface area contributed by atoms with Crippen LogP contribution in [0.5, 0.6) is 0 Å². The lowest BCUT2D eigenvalue weighted by atomic mass is 10.1. The van der Waals surface area contributed by atoms with Crippen molar-refractivity contribution in [3.63, 3.8) is 0 Å². The maximum absolute atomic E-state index is 11.1. The van der Waals surface area contributed by atoms with Gasteiger partial charge in [0.25, 0.3) is 0 Å². The molecule has 96 valence electrons. The lowest BCUT2D eigenvalue weighted by molar-refractivity contribution is 0.601. The van der Waals surface area contributed by atoms with Crippen LogP contribution in [0.1, 0.15) is 18.5 Å². The molecule has 1 rings (SSSR count). The van der Waals surface area contributed by atoms with Gasteiger partial charge in [0.1, 0.15) is 9.84 Å². The number of hydrogen-bond acceptors (Lipinski definition) is 4. The van der Waals surface area contributed by atoms with Crippen LogP contribution in [-0.2, 0) is 9.84 Å². The highest BCUT2D eigenvalue weighted by molar-refractivity contribution is 7.90. The zero-order valence-electron chi connectivity index (χ0n) is 10.6. The zero-order valence-corrected chi connectivity index (χ0v) is 11.4. The Hall–Kier alpha value is -1.07. The van der Waals surface area contributed by atoms with Crippen LogP contribution in [0, 0.1) is 0 Å². The van der Waals surface area contributed by atoms with E-state index in [0.29, 0.717) is 6.54 Å². The summed E-state index contributed by atoms with van der Waals surface area (Å²) in [5.41, 5.74) is 7.84. The molecular formula is C12H20N2O2S. The SMILES string of the molecule is C[C@H](N)c1ccc(N(C)CCS(C)(=O)=O)cc1. The van der Waals surface area contributed by atoms with Gasteiger partial charge in [-0.1, -0.05) is 12.1 Å². The first kappa shape index (κ1) is 14.0. The molecule has 1 aromatic carbocycles. The van der Waals surface area contributed by atoms with Gasteiger partial charge in [0, 0.05) is 31.6 Å². The average molecular weight is 256 g/mol. The molecule has 0 amide bonds. The highest BCUT2D eigenvalue weighted by atomic mass is 32.2. The van der Waals surface area contributed by atoms with Gasteiger partial charge >= 0.3 is 0 Å². The molecule has 1 aromatic rings. The van der Waals surface area contributed by atoms with Gasteiger partial charge in [-0.25, -0.2) is 8.42 Å². The average Bonchev–Trinajstić information content (AvgIpc) is 2.25. The van der Waals surface area contributed by atoms with E-state index in [9.17, 15) is 8.42 Å². The van der Waals surface area contributed by atoms with Crippen molar-refractivity contribution in [3.05, 3.63) is 29.8 Å². The molecule has 0 aliphatic carbocycles. The molecule has 0 radical (unpaired) electrons. The Bertz CT molecular complexity index is 452. The van der Waals surface area contributed by atoms with Crippen molar-refractivity contribution in [2.75, 3.05) is 30.5 Å². The van der Waals surface area contributed by atoms with Crippen LogP contribution >= 0.6 is 0 Å². The second kappa shape index (κ2) is 5.51. The van der Waals surface area contributed by atoms with E-state index in [1.54, 1.807) is 0 Å². The van der Waals surface area contributed by atoms with Crippen LogP contribution in [0.25, 0.3) is 0 Å². The van der Waals surface area contributed by atoms with E-state index in [0.717, 1.165) is 11.3 Å². The number of nitrogens with zero attached hydrogens (tertiary/aromatic N) is 1. The van der Waals surface area contributed by atoms with Gasteiger partial charge in [-0.15, -0.1) is 0 Å². The summed E-state index contributed by atoms with van der Waals surface area (Å²) in [4.78, 5) is 1.92. The highest BCUT2D eigenvalue weighted by Crippen LogP contribution is 2.16. The Balaban J connectivity index is 2.67. The molecular weight excluding hydrogens is 236 g/mol. The number of sulfone groups is 1. The molecule has 1 atom stereocenters. The van der Waals surface area contributed by atoms with Gasteiger partial charge in [-0.3, -0.25) is 0 Å². The van der Waals surface area contributed by atoms with Crippen LogP contribution in [0.4, 0.5) is 5.69 Å². The fourth-order valence-corrected chi connectivity index (χ4v) is 2.07. The monoisotopic (exact) mass is 256 g/mol. The number of nitrogens with two attached hydrogens (primary N) is 1. The summed E-state index contributed by atoms with van der Waals surface area (Å²) in [5.74, 6) is 0.165. The normalized spacial score (nSPS) is 13.4. The van der Waals surface area contributed by atoms with Crippen LogP contribution in [0.2, 0.25) is 0 Å². The molecule has 0 fully saturated rings. The molecule has 0 bridgehead atoms. The fourth-order valence-electron chi connectivity index (χ4n) is 1.46. The molecule has 5 heteroatoms. The molecule has 17 heavy (non-hydrogen) atoms. The summed E-state index contributed by atoms with van der Waals surface area (Å²) >= 11 is 0. The fraction of sp³-hybridized carbons (Fsp3) is 0.500. The molecule has 0 spiro atoms. The number of benzene rings is 1. The molecule has 0 aliphatic heterocycles. The maximum Gasteiger partial charge on any atom is 0.149 e. The summed E-state index contributed by atoms with van der Waals surface area (Å²) in [6, 6.07) is 7.88. The minimum Gasteiger partial charge on any atom is -0.374 e. The van der Waals surface area contributed by atoms with Crippen molar-refractivity contribution in [2.24, 2.45) is 5.73 Å². The summed E-state index contributed by atoms with van der Waals surface area (Å²) < 4.78 is 22.1. The smallest absolute Gasteiger partial charge is 0.149 e. The number of rotatable bonds is 5. The summed E-state index contributed by atoms with van der Waals surface area (Å²) in [5, 5.41) is 0. The molecule has 0 heterocycles. The summed E-state index contributed by atoms with van der Waals surface area (Å²) in [6.07, 6.45) is 1.25. The standard InChI is InChI=1S/C12H20N2O2S/c1-10(13)11-4-6-12(7-5-11)14(2)8-9-17(3,15)16/h4-7,10H,8-9,13H2,1-3H3/t10-/m0/s1. The molecule has 0 aromatic heterocycles. The first-order chi connectivity index (χ1) is 7.79. The first-order valence-corrected chi connectivity index (χ1v) is 7.60. The minimum absolute atomic E-state index is 0.0189. The lowest BCUT2D eigenvalue weighted by Crippen LogP contribution is -2.24. The maximum atomic E-state index is 11.1. The van der Waals surface area contributed by atoms with E-state index >= 15 is 0 Å². The Labute approximate surface area is 103 Å². The van der Waals surface area contributed by atoms with Crippen molar-refractivity contribution >= 4 is 15.5 Å². The third-order valence-electron chi connectivity index (χ3n) is 2.66. The van der Waals surface area contributed by atoms with E-state index in [1.165, 1.54) is 6.26 Å².